The quantitative estimate of drug-likeness (QED) is 0.903. The van der Waals surface area contributed by atoms with E-state index in [1.807, 2.05) is 11.3 Å². The molecule has 20 heavy (non-hydrogen) atoms. The van der Waals surface area contributed by atoms with Crippen molar-refractivity contribution in [3.8, 4) is 0 Å². The minimum atomic E-state index is 0.330. The first-order valence-electron chi connectivity index (χ1n) is 7.86. The van der Waals surface area contributed by atoms with Crippen molar-refractivity contribution in [1.82, 2.24) is 10.2 Å². The fourth-order valence-electron chi connectivity index (χ4n) is 3.01. The van der Waals surface area contributed by atoms with Crippen LogP contribution in [0.1, 0.15) is 45.9 Å². The average Bonchev–Trinajstić information content (AvgIpc) is 2.82. The lowest BCUT2D eigenvalue weighted by atomic mass is 9.84. The molecule has 2 heterocycles. The summed E-state index contributed by atoms with van der Waals surface area (Å²) in [6.45, 7) is 15.1. The Kier molecular flexibility index (Phi) is 5.27. The van der Waals surface area contributed by atoms with Crippen molar-refractivity contribution in [2.24, 2.45) is 11.3 Å². The summed E-state index contributed by atoms with van der Waals surface area (Å²) < 4.78 is 0. The molecule has 0 aromatic carbocycles. The molecule has 0 bridgehead atoms. The minimum Gasteiger partial charge on any atom is -0.311 e. The number of nitrogens with one attached hydrogen (secondary N) is 1. The molecule has 2 unspecified atom stereocenters. The zero-order valence-corrected chi connectivity index (χ0v) is 14.5. The zero-order chi connectivity index (χ0) is 14.8. The topological polar surface area (TPSA) is 15.3 Å². The Morgan fingerprint density at radius 3 is 2.70 bits per heavy atom. The van der Waals surface area contributed by atoms with Gasteiger partial charge in [-0.25, -0.2) is 0 Å². The molecule has 0 amide bonds. The molecule has 1 aromatic heterocycles. The highest BCUT2D eigenvalue weighted by Crippen LogP contribution is 2.27. The van der Waals surface area contributed by atoms with Crippen molar-refractivity contribution < 1.29 is 0 Å². The molecule has 1 aliphatic heterocycles. The number of hydrogen-bond donors (Lipinski definition) is 1. The second kappa shape index (κ2) is 6.59. The summed E-state index contributed by atoms with van der Waals surface area (Å²) in [5, 5.41) is 5.98. The first-order chi connectivity index (χ1) is 9.36. The maximum absolute atomic E-state index is 3.79. The van der Waals surface area contributed by atoms with Gasteiger partial charge in [0.05, 0.1) is 0 Å². The van der Waals surface area contributed by atoms with Gasteiger partial charge in [0.15, 0.2) is 0 Å². The van der Waals surface area contributed by atoms with Gasteiger partial charge in [-0.2, -0.15) is 0 Å². The van der Waals surface area contributed by atoms with Gasteiger partial charge in [0.1, 0.15) is 0 Å². The Labute approximate surface area is 128 Å². The van der Waals surface area contributed by atoms with Crippen LogP contribution in [-0.2, 0) is 6.54 Å². The minimum absolute atomic E-state index is 0.330. The Bertz CT molecular complexity index is 392. The van der Waals surface area contributed by atoms with Crippen LogP contribution in [0.4, 0.5) is 0 Å². The first kappa shape index (κ1) is 16.0. The monoisotopic (exact) mass is 294 g/mol. The zero-order valence-electron chi connectivity index (χ0n) is 13.6. The maximum atomic E-state index is 3.79. The number of nitrogens with zero attached hydrogens (tertiary/aromatic N) is 1. The van der Waals surface area contributed by atoms with Crippen LogP contribution in [0.3, 0.4) is 0 Å². The number of thiophene rings is 1. The number of piperazine rings is 1. The lowest BCUT2D eigenvalue weighted by Crippen LogP contribution is -2.60. The summed E-state index contributed by atoms with van der Waals surface area (Å²) in [5.74, 6) is 0.763. The lowest BCUT2D eigenvalue weighted by Gasteiger charge is -2.45. The molecule has 2 atom stereocenters. The van der Waals surface area contributed by atoms with Gasteiger partial charge in [-0.15, -0.1) is 11.3 Å². The highest BCUT2D eigenvalue weighted by atomic mass is 32.1. The predicted molar refractivity (Wildman–Crippen MR) is 89.2 cm³/mol. The van der Waals surface area contributed by atoms with Gasteiger partial charge in [-0.05, 0) is 29.2 Å². The van der Waals surface area contributed by atoms with Crippen LogP contribution in [0.5, 0.6) is 0 Å². The standard InChI is InChI=1S/C17H30N2S/c1-13(2)9-14-10-18-16(17(3,4)5)12-19(14)11-15-7-6-8-20-15/h6-8,13-14,16,18H,9-12H2,1-5H3. The van der Waals surface area contributed by atoms with Crippen LogP contribution in [0.25, 0.3) is 0 Å². The van der Waals surface area contributed by atoms with E-state index in [0.717, 1.165) is 19.0 Å². The summed E-state index contributed by atoms with van der Waals surface area (Å²) in [4.78, 5) is 4.20. The molecule has 1 saturated heterocycles. The molecule has 1 N–H and O–H groups in total. The van der Waals surface area contributed by atoms with Crippen molar-refractivity contribution in [2.45, 2.75) is 59.7 Å². The lowest BCUT2D eigenvalue weighted by molar-refractivity contribution is 0.0699. The summed E-state index contributed by atoms with van der Waals surface area (Å²) in [6, 6.07) is 5.70. The van der Waals surface area contributed by atoms with Gasteiger partial charge >= 0.3 is 0 Å². The van der Waals surface area contributed by atoms with E-state index in [0.29, 0.717) is 17.5 Å². The number of hydrogen-bond acceptors (Lipinski definition) is 3. The summed E-state index contributed by atoms with van der Waals surface area (Å²) in [6.07, 6.45) is 1.29. The Morgan fingerprint density at radius 1 is 1.40 bits per heavy atom. The SMILES string of the molecule is CC(C)CC1CNC(C(C)(C)C)CN1Cc1cccs1. The van der Waals surface area contributed by atoms with Crippen LogP contribution in [0.15, 0.2) is 17.5 Å². The van der Waals surface area contributed by atoms with E-state index in [2.05, 4.69) is 62.3 Å². The molecule has 2 rings (SSSR count). The maximum Gasteiger partial charge on any atom is 0.0332 e. The third-order valence-corrected chi connectivity index (χ3v) is 5.12. The van der Waals surface area contributed by atoms with E-state index >= 15 is 0 Å². The van der Waals surface area contributed by atoms with Crippen LogP contribution in [0, 0.1) is 11.3 Å². The summed E-state index contributed by atoms with van der Waals surface area (Å²) in [7, 11) is 0. The second-order valence-corrected chi connectivity index (χ2v) is 8.65. The summed E-state index contributed by atoms with van der Waals surface area (Å²) >= 11 is 1.88. The van der Waals surface area contributed by atoms with E-state index in [1.165, 1.54) is 17.8 Å². The van der Waals surface area contributed by atoms with Gasteiger partial charge in [-0.3, -0.25) is 4.90 Å². The first-order valence-corrected chi connectivity index (χ1v) is 8.74. The second-order valence-electron chi connectivity index (χ2n) is 7.62. The molecule has 0 spiro atoms. The molecule has 1 aromatic rings. The van der Waals surface area contributed by atoms with Crippen molar-refractivity contribution in [3.05, 3.63) is 22.4 Å². The Hall–Kier alpha value is -0.380. The Morgan fingerprint density at radius 2 is 2.15 bits per heavy atom. The molecule has 0 radical (unpaired) electrons. The van der Waals surface area contributed by atoms with Crippen molar-refractivity contribution in [3.63, 3.8) is 0 Å². The fourth-order valence-corrected chi connectivity index (χ4v) is 3.74. The number of rotatable bonds is 4. The van der Waals surface area contributed by atoms with Gasteiger partial charge in [0, 0.05) is 36.6 Å². The van der Waals surface area contributed by atoms with Gasteiger partial charge in [0.2, 0.25) is 0 Å². The van der Waals surface area contributed by atoms with E-state index < -0.39 is 0 Å². The molecule has 1 fully saturated rings. The van der Waals surface area contributed by atoms with E-state index in [4.69, 9.17) is 0 Å². The van der Waals surface area contributed by atoms with Crippen LogP contribution < -0.4 is 5.32 Å². The van der Waals surface area contributed by atoms with E-state index in [1.54, 1.807) is 0 Å². The molecule has 2 nitrogen and oxygen atoms in total. The molecular formula is C17H30N2S. The normalized spacial score (nSPS) is 25.3. The van der Waals surface area contributed by atoms with Gasteiger partial charge in [0.25, 0.3) is 0 Å². The summed E-state index contributed by atoms with van der Waals surface area (Å²) in [5.41, 5.74) is 0.330. The predicted octanol–water partition coefficient (Wildman–Crippen LogP) is 3.98. The Balaban J connectivity index is 2.06. The smallest absolute Gasteiger partial charge is 0.0332 e. The molecule has 0 saturated carbocycles. The van der Waals surface area contributed by atoms with Gasteiger partial charge < -0.3 is 5.32 Å². The molecule has 1 aliphatic rings. The van der Waals surface area contributed by atoms with Crippen molar-refractivity contribution >= 4 is 11.3 Å². The molecule has 0 aliphatic carbocycles. The molecule has 3 heteroatoms. The van der Waals surface area contributed by atoms with Gasteiger partial charge in [-0.1, -0.05) is 40.7 Å². The largest absolute Gasteiger partial charge is 0.311 e. The third kappa shape index (κ3) is 4.31. The highest BCUT2D eigenvalue weighted by Gasteiger charge is 2.34. The van der Waals surface area contributed by atoms with Crippen molar-refractivity contribution in [1.29, 1.82) is 0 Å². The van der Waals surface area contributed by atoms with Crippen LogP contribution in [-0.4, -0.2) is 30.1 Å². The fraction of sp³-hybridized carbons (Fsp3) is 0.765. The van der Waals surface area contributed by atoms with Crippen LogP contribution >= 0.6 is 11.3 Å². The molecule has 114 valence electrons. The van der Waals surface area contributed by atoms with E-state index in [-0.39, 0.29) is 0 Å². The highest BCUT2D eigenvalue weighted by molar-refractivity contribution is 7.09. The van der Waals surface area contributed by atoms with Crippen molar-refractivity contribution in [2.75, 3.05) is 13.1 Å². The molecular weight excluding hydrogens is 264 g/mol. The van der Waals surface area contributed by atoms with E-state index in [9.17, 15) is 0 Å². The van der Waals surface area contributed by atoms with Crippen LogP contribution in [0.2, 0.25) is 0 Å². The average molecular weight is 295 g/mol. The third-order valence-electron chi connectivity index (χ3n) is 4.26.